The Bertz CT molecular complexity index is 763. The lowest BCUT2D eigenvalue weighted by atomic mass is 9.99. The molecule has 1 atom stereocenters. The lowest BCUT2D eigenvalue weighted by Gasteiger charge is -2.30. The van der Waals surface area contributed by atoms with Crippen LogP contribution in [0.4, 0.5) is 0 Å². The quantitative estimate of drug-likeness (QED) is 0.851. The molecule has 0 radical (unpaired) electrons. The van der Waals surface area contributed by atoms with Crippen molar-refractivity contribution < 1.29 is 9.90 Å². The molecule has 5 heteroatoms. The van der Waals surface area contributed by atoms with Crippen LogP contribution in [0.2, 0.25) is 0 Å². The summed E-state index contributed by atoms with van der Waals surface area (Å²) in [5.74, 6) is -0.0487. The number of aliphatic hydroxyl groups is 1. The lowest BCUT2D eigenvalue weighted by Crippen LogP contribution is -2.41. The number of aryl methyl sites for hydroxylation is 2. The highest BCUT2D eigenvalue weighted by atomic mass is 32.1. The van der Waals surface area contributed by atoms with Gasteiger partial charge in [0.25, 0.3) is 5.91 Å². The minimum absolute atomic E-state index is 0.0487. The maximum absolute atomic E-state index is 12.4. The van der Waals surface area contributed by atoms with E-state index in [0.717, 1.165) is 37.2 Å². The predicted octanol–water partition coefficient (Wildman–Crippen LogP) is 2.78. The monoisotopic (exact) mass is 370 g/mol. The first-order valence-electron chi connectivity index (χ1n) is 9.56. The number of rotatable bonds is 5. The molecule has 138 valence electrons. The van der Waals surface area contributed by atoms with Gasteiger partial charge in [0.05, 0.1) is 11.0 Å². The summed E-state index contributed by atoms with van der Waals surface area (Å²) in [6.45, 7) is 2.73. The third-order valence-corrected chi connectivity index (χ3v) is 6.63. The number of nitrogens with one attached hydrogen (secondary N) is 1. The second-order valence-electron chi connectivity index (χ2n) is 7.38. The van der Waals surface area contributed by atoms with Gasteiger partial charge in [0.15, 0.2) is 0 Å². The average molecular weight is 371 g/mol. The van der Waals surface area contributed by atoms with E-state index in [0.29, 0.717) is 13.1 Å². The highest BCUT2D eigenvalue weighted by Gasteiger charge is 2.20. The van der Waals surface area contributed by atoms with Crippen molar-refractivity contribution in [1.82, 2.24) is 10.2 Å². The highest BCUT2D eigenvalue weighted by Crippen LogP contribution is 2.29. The van der Waals surface area contributed by atoms with E-state index in [1.807, 2.05) is 6.07 Å². The molecular weight excluding hydrogens is 344 g/mol. The van der Waals surface area contributed by atoms with Crippen LogP contribution >= 0.6 is 11.3 Å². The lowest BCUT2D eigenvalue weighted by molar-refractivity contribution is 0.0845. The van der Waals surface area contributed by atoms with Gasteiger partial charge in [-0.05, 0) is 54.9 Å². The number of carbonyl (C=O) groups is 1. The largest absolute Gasteiger partial charge is 0.390 e. The van der Waals surface area contributed by atoms with Crippen LogP contribution in [-0.2, 0) is 25.8 Å². The molecule has 1 aromatic heterocycles. The van der Waals surface area contributed by atoms with E-state index in [4.69, 9.17) is 0 Å². The second-order valence-corrected chi connectivity index (χ2v) is 8.52. The molecule has 1 amide bonds. The fourth-order valence-corrected chi connectivity index (χ4v) is 5.14. The zero-order valence-electron chi connectivity index (χ0n) is 15.0. The second kappa shape index (κ2) is 7.91. The molecule has 4 nitrogen and oxygen atoms in total. The molecule has 1 unspecified atom stereocenters. The number of fused-ring (bicyclic) bond motifs is 2. The maximum atomic E-state index is 12.4. The van der Waals surface area contributed by atoms with Crippen LogP contribution < -0.4 is 5.32 Å². The van der Waals surface area contributed by atoms with Crippen molar-refractivity contribution in [3.63, 3.8) is 0 Å². The van der Waals surface area contributed by atoms with Gasteiger partial charge in [0.1, 0.15) is 0 Å². The van der Waals surface area contributed by atoms with Crippen LogP contribution in [0.15, 0.2) is 30.3 Å². The Kier molecular flexibility index (Phi) is 5.38. The van der Waals surface area contributed by atoms with Crippen LogP contribution in [-0.4, -0.2) is 41.7 Å². The molecule has 0 bridgehead atoms. The van der Waals surface area contributed by atoms with E-state index < -0.39 is 6.10 Å². The number of benzene rings is 1. The Hall–Kier alpha value is -1.69. The molecule has 1 aliphatic heterocycles. The molecule has 1 aliphatic carbocycles. The van der Waals surface area contributed by atoms with Crippen molar-refractivity contribution in [2.45, 2.75) is 44.8 Å². The fraction of sp³-hybridized carbons (Fsp3) is 0.476. The molecule has 1 aromatic carbocycles. The van der Waals surface area contributed by atoms with Gasteiger partial charge < -0.3 is 10.4 Å². The molecule has 26 heavy (non-hydrogen) atoms. The van der Waals surface area contributed by atoms with Gasteiger partial charge in [0, 0.05) is 31.1 Å². The van der Waals surface area contributed by atoms with Gasteiger partial charge in [-0.2, -0.15) is 0 Å². The zero-order chi connectivity index (χ0) is 17.9. The molecule has 0 saturated carbocycles. The van der Waals surface area contributed by atoms with Gasteiger partial charge in [0.2, 0.25) is 0 Å². The summed E-state index contributed by atoms with van der Waals surface area (Å²) in [5.41, 5.74) is 4.10. The zero-order valence-corrected chi connectivity index (χ0v) is 15.9. The Morgan fingerprint density at radius 1 is 1.15 bits per heavy atom. The Morgan fingerprint density at radius 3 is 2.81 bits per heavy atom. The van der Waals surface area contributed by atoms with E-state index >= 15 is 0 Å². The van der Waals surface area contributed by atoms with Crippen molar-refractivity contribution in [2.24, 2.45) is 0 Å². The van der Waals surface area contributed by atoms with Gasteiger partial charge >= 0.3 is 0 Å². The third-order valence-electron chi connectivity index (χ3n) is 5.40. The summed E-state index contributed by atoms with van der Waals surface area (Å²) in [6, 6.07) is 10.5. The van der Waals surface area contributed by atoms with E-state index in [1.54, 1.807) is 11.3 Å². The summed E-state index contributed by atoms with van der Waals surface area (Å²) in [6.07, 6.45) is 5.13. The molecule has 2 N–H and O–H groups in total. The number of aliphatic hydroxyl groups excluding tert-OH is 1. The number of hydrogen-bond donors (Lipinski definition) is 2. The molecule has 2 aromatic rings. The van der Waals surface area contributed by atoms with Crippen molar-refractivity contribution >= 4 is 17.2 Å². The van der Waals surface area contributed by atoms with E-state index in [9.17, 15) is 9.90 Å². The van der Waals surface area contributed by atoms with Crippen LogP contribution in [0, 0.1) is 0 Å². The Balaban J connectivity index is 1.27. The van der Waals surface area contributed by atoms with Crippen molar-refractivity contribution in [3.05, 3.63) is 56.8 Å². The van der Waals surface area contributed by atoms with E-state index in [-0.39, 0.29) is 5.91 Å². The molecule has 0 spiro atoms. The Labute approximate surface area is 158 Å². The van der Waals surface area contributed by atoms with Crippen LogP contribution in [0.3, 0.4) is 0 Å². The first kappa shape index (κ1) is 17.7. The van der Waals surface area contributed by atoms with Crippen LogP contribution in [0.5, 0.6) is 0 Å². The van der Waals surface area contributed by atoms with Crippen molar-refractivity contribution in [2.75, 3.05) is 19.6 Å². The average Bonchev–Trinajstić information content (AvgIpc) is 3.10. The fourth-order valence-electron chi connectivity index (χ4n) is 3.97. The number of hydrogen-bond acceptors (Lipinski definition) is 4. The first-order chi connectivity index (χ1) is 12.7. The van der Waals surface area contributed by atoms with Gasteiger partial charge in [-0.15, -0.1) is 11.3 Å². The topological polar surface area (TPSA) is 52.6 Å². The van der Waals surface area contributed by atoms with E-state index in [2.05, 4.69) is 34.5 Å². The summed E-state index contributed by atoms with van der Waals surface area (Å²) < 4.78 is 0. The van der Waals surface area contributed by atoms with Crippen LogP contribution in [0.1, 0.15) is 44.1 Å². The predicted molar refractivity (Wildman–Crippen MR) is 105 cm³/mol. The standard InChI is InChI=1S/C21H26N2O2S/c24-18(14-23-10-9-15-5-1-2-7-17(15)13-23)12-22-21(25)20-11-16-6-3-4-8-19(16)26-20/h1-2,5,7,11,18,24H,3-4,6,8-10,12-14H2,(H,22,25). The third kappa shape index (κ3) is 4.00. The maximum Gasteiger partial charge on any atom is 0.261 e. The number of nitrogens with zero attached hydrogens (tertiary/aromatic N) is 1. The number of amides is 1. The molecular formula is C21H26N2O2S. The smallest absolute Gasteiger partial charge is 0.261 e. The minimum Gasteiger partial charge on any atom is -0.390 e. The SMILES string of the molecule is O=C(NCC(O)CN1CCc2ccccc2C1)c1cc2c(s1)CCCC2. The molecule has 0 saturated heterocycles. The van der Waals surface area contributed by atoms with Gasteiger partial charge in [-0.3, -0.25) is 9.69 Å². The van der Waals surface area contributed by atoms with Crippen molar-refractivity contribution in [1.29, 1.82) is 0 Å². The van der Waals surface area contributed by atoms with Crippen LogP contribution in [0.25, 0.3) is 0 Å². The summed E-state index contributed by atoms with van der Waals surface area (Å²) >= 11 is 1.62. The summed E-state index contributed by atoms with van der Waals surface area (Å²) in [5, 5.41) is 13.3. The number of β-amino-alcohol motifs (C(OH)–C–C–N with tert-alkyl or cyclic N) is 1. The van der Waals surface area contributed by atoms with Crippen molar-refractivity contribution in [3.8, 4) is 0 Å². The summed E-state index contributed by atoms with van der Waals surface area (Å²) in [7, 11) is 0. The molecule has 2 aliphatic rings. The van der Waals surface area contributed by atoms with E-state index in [1.165, 1.54) is 34.4 Å². The number of thiophene rings is 1. The molecule has 0 fully saturated rings. The first-order valence-corrected chi connectivity index (χ1v) is 10.4. The highest BCUT2D eigenvalue weighted by molar-refractivity contribution is 7.14. The summed E-state index contributed by atoms with van der Waals surface area (Å²) in [4.78, 5) is 16.8. The Morgan fingerprint density at radius 2 is 1.96 bits per heavy atom. The molecule has 2 heterocycles. The minimum atomic E-state index is -0.543. The van der Waals surface area contributed by atoms with Gasteiger partial charge in [-0.1, -0.05) is 24.3 Å². The number of carbonyl (C=O) groups excluding carboxylic acids is 1. The normalized spacial score (nSPS) is 18.0. The van der Waals surface area contributed by atoms with Gasteiger partial charge in [-0.25, -0.2) is 0 Å². The molecule has 4 rings (SSSR count).